The molecule has 0 aliphatic rings. The number of carbonyl (C=O) groups excluding carboxylic acids is 2. The van der Waals surface area contributed by atoms with Crippen LogP contribution in [-0.4, -0.2) is 32.7 Å². The maximum Gasteiger partial charge on any atom is 0.307 e. The van der Waals surface area contributed by atoms with Crippen molar-refractivity contribution in [2.45, 2.75) is 19.4 Å². The fraction of sp³-hybridized carbons (Fsp3) is 0.300. The summed E-state index contributed by atoms with van der Waals surface area (Å²) < 4.78 is 15.5. The first-order valence-corrected chi connectivity index (χ1v) is 9.35. The molecule has 7 heteroatoms. The summed E-state index contributed by atoms with van der Waals surface area (Å²) in [6.07, 6.45) is 3.18. The molecule has 1 amide bonds. The highest BCUT2D eigenvalue weighted by molar-refractivity contribution is 7.10. The van der Waals surface area contributed by atoms with Crippen molar-refractivity contribution in [2.75, 3.05) is 20.8 Å². The Hall–Kier alpha value is -2.80. The van der Waals surface area contributed by atoms with Gasteiger partial charge in [-0.1, -0.05) is 12.1 Å². The van der Waals surface area contributed by atoms with Gasteiger partial charge in [-0.2, -0.15) is 0 Å². The van der Waals surface area contributed by atoms with E-state index in [1.807, 2.05) is 30.5 Å². The zero-order chi connectivity index (χ0) is 19.6. The van der Waals surface area contributed by atoms with Gasteiger partial charge in [0.25, 0.3) is 0 Å². The predicted octanol–water partition coefficient (Wildman–Crippen LogP) is 3.59. The first-order valence-electron chi connectivity index (χ1n) is 8.47. The first-order chi connectivity index (χ1) is 13.1. The summed E-state index contributed by atoms with van der Waals surface area (Å²) in [6.45, 7) is 2.44. The number of carbonyl (C=O) groups is 2. The Bertz CT molecular complexity index is 786. The molecule has 1 unspecified atom stereocenters. The van der Waals surface area contributed by atoms with E-state index in [-0.39, 0.29) is 18.3 Å². The maximum atomic E-state index is 12.3. The van der Waals surface area contributed by atoms with Crippen LogP contribution in [0.3, 0.4) is 0 Å². The Morgan fingerprint density at radius 3 is 2.67 bits per heavy atom. The van der Waals surface area contributed by atoms with E-state index >= 15 is 0 Å². The minimum Gasteiger partial charge on any atom is -0.493 e. The number of ether oxygens (including phenoxy) is 3. The van der Waals surface area contributed by atoms with Crippen LogP contribution in [0.1, 0.15) is 29.8 Å². The molecule has 2 rings (SSSR count). The van der Waals surface area contributed by atoms with Gasteiger partial charge in [0.1, 0.15) is 0 Å². The Labute approximate surface area is 162 Å². The minimum atomic E-state index is -0.426. The number of rotatable bonds is 9. The Balaban J connectivity index is 2.07. The van der Waals surface area contributed by atoms with Crippen molar-refractivity contribution in [1.29, 1.82) is 0 Å². The highest BCUT2D eigenvalue weighted by Crippen LogP contribution is 2.28. The molecular formula is C20H23NO5S. The van der Waals surface area contributed by atoms with Crippen LogP contribution >= 0.6 is 11.3 Å². The van der Waals surface area contributed by atoms with Gasteiger partial charge in [0.05, 0.1) is 33.3 Å². The van der Waals surface area contributed by atoms with Crippen molar-refractivity contribution >= 4 is 29.3 Å². The van der Waals surface area contributed by atoms with Crippen molar-refractivity contribution in [3.63, 3.8) is 0 Å². The lowest BCUT2D eigenvalue weighted by molar-refractivity contribution is -0.141. The van der Waals surface area contributed by atoms with E-state index in [2.05, 4.69) is 5.32 Å². The minimum absolute atomic E-state index is 0.0769. The summed E-state index contributed by atoms with van der Waals surface area (Å²) in [4.78, 5) is 24.8. The van der Waals surface area contributed by atoms with Crippen molar-refractivity contribution in [3.8, 4) is 11.5 Å². The second kappa shape index (κ2) is 10.4. The van der Waals surface area contributed by atoms with Crippen LogP contribution in [0.5, 0.6) is 11.5 Å². The second-order valence-corrected chi connectivity index (χ2v) is 6.51. The van der Waals surface area contributed by atoms with Gasteiger partial charge in [-0.15, -0.1) is 11.3 Å². The van der Waals surface area contributed by atoms with Gasteiger partial charge in [-0.3, -0.25) is 9.59 Å². The number of methoxy groups -OCH3 is 2. The molecule has 27 heavy (non-hydrogen) atoms. The van der Waals surface area contributed by atoms with Gasteiger partial charge in [0, 0.05) is 11.0 Å². The SMILES string of the molecule is CCOc1ccc(/C=C/C(=O)NC(CC(=O)OC)c2cccs2)cc1OC. The number of nitrogens with one attached hydrogen (secondary N) is 1. The van der Waals surface area contributed by atoms with Gasteiger partial charge in [-0.25, -0.2) is 0 Å². The van der Waals surface area contributed by atoms with E-state index in [9.17, 15) is 9.59 Å². The summed E-state index contributed by atoms with van der Waals surface area (Å²) in [6, 6.07) is 8.75. The molecule has 1 N–H and O–H groups in total. The number of amides is 1. The molecule has 2 aromatic rings. The Morgan fingerprint density at radius 2 is 2.04 bits per heavy atom. The molecule has 1 atom stereocenters. The number of hydrogen-bond donors (Lipinski definition) is 1. The van der Waals surface area contributed by atoms with Crippen LogP contribution in [0, 0.1) is 0 Å². The fourth-order valence-corrected chi connectivity index (χ4v) is 3.19. The Kier molecular flexibility index (Phi) is 7.88. The molecule has 0 saturated carbocycles. The molecule has 0 radical (unpaired) electrons. The highest BCUT2D eigenvalue weighted by atomic mass is 32.1. The zero-order valence-electron chi connectivity index (χ0n) is 15.6. The topological polar surface area (TPSA) is 73.9 Å². The lowest BCUT2D eigenvalue weighted by Crippen LogP contribution is -2.28. The van der Waals surface area contributed by atoms with Crippen LogP contribution < -0.4 is 14.8 Å². The Morgan fingerprint density at radius 1 is 1.22 bits per heavy atom. The average Bonchev–Trinajstić information content (AvgIpc) is 3.21. The zero-order valence-corrected chi connectivity index (χ0v) is 16.4. The third kappa shape index (κ3) is 6.14. The van der Waals surface area contributed by atoms with E-state index in [4.69, 9.17) is 14.2 Å². The monoisotopic (exact) mass is 389 g/mol. The smallest absolute Gasteiger partial charge is 0.307 e. The number of hydrogen-bond acceptors (Lipinski definition) is 6. The van der Waals surface area contributed by atoms with Gasteiger partial charge >= 0.3 is 5.97 Å². The second-order valence-electron chi connectivity index (χ2n) is 5.53. The van der Waals surface area contributed by atoms with Crippen LogP contribution in [0.25, 0.3) is 6.08 Å². The lowest BCUT2D eigenvalue weighted by atomic mass is 10.1. The van der Waals surface area contributed by atoms with Crippen molar-refractivity contribution in [1.82, 2.24) is 5.32 Å². The summed E-state index contributed by atoms with van der Waals surface area (Å²) in [5, 5.41) is 4.74. The van der Waals surface area contributed by atoms with Gasteiger partial charge in [0.15, 0.2) is 11.5 Å². The third-order valence-corrected chi connectivity index (χ3v) is 4.70. The summed E-state index contributed by atoms with van der Waals surface area (Å²) in [5.74, 6) is 0.568. The first kappa shape index (κ1) is 20.5. The molecular weight excluding hydrogens is 366 g/mol. The molecule has 0 spiro atoms. The fourth-order valence-electron chi connectivity index (χ4n) is 2.42. The number of thiophene rings is 1. The molecule has 0 bridgehead atoms. The largest absolute Gasteiger partial charge is 0.493 e. The molecule has 6 nitrogen and oxygen atoms in total. The van der Waals surface area contributed by atoms with Crippen molar-refractivity contribution < 1.29 is 23.8 Å². The van der Waals surface area contributed by atoms with E-state index in [1.54, 1.807) is 25.3 Å². The van der Waals surface area contributed by atoms with Crippen LogP contribution in [0.2, 0.25) is 0 Å². The molecule has 144 valence electrons. The van der Waals surface area contributed by atoms with Crippen LogP contribution in [0.15, 0.2) is 41.8 Å². The predicted molar refractivity (Wildman–Crippen MR) is 105 cm³/mol. The molecule has 0 aliphatic heterocycles. The normalized spacial score (nSPS) is 11.8. The number of benzene rings is 1. The quantitative estimate of drug-likeness (QED) is 0.524. The van der Waals surface area contributed by atoms with Gasteiger partial charge < -0.3 is 19.5 Å². The summed E-state index contributed by atoms with van der Waals surface area (Å²) in [5.41, 5.74) is 0.797. The van der Waals surface area contributed by atoms with E-state index in [0.717, 1.165) is 10.4 Å². The summed E-state index contributed by atoms with van der Waals surface area (Å²) in [7, 11) is 2.89. The van der Waals surface area contributed by atoms with E-state index in [1.165, 1.54) is 24.5 Å². The molecule has 0 aliphatic carbocycles. The standard InChI is InChI=1S/C20H23NO5S/c1-4-26-16-9-7-14(12-17(16)24-2)8-10-19(22)21-15(13-20(23)25-3)18-6-5-11-27-18/h5-12,15H,4,13H2,1-3H3,(H,21,22)/b10-8+. The van der Waals surface area contributed by atoms with Gasteiger partial charge in [-0.05, 0) is 42.1 Å². The van der Waals surface area contributed by atoms with Crippen molar-refractivity contribution in [2.24, 2.45) is 0 Å². The third-order valence-electron chi connectivity index (χ3n) is 3.72. The maximum absolute atomic E-state index is 12.3. The molecule has 0 saturated heterocycles. The molecule has 1 aromatic carbocycles. The highest BCUT2D eigenvalue weighted by Gasteiger charge is 2.18. The average molecular weight is 389 g/mol. The van der Waals surface area contributed by atoms with Gasteiger partial charge in [0.2, 0.25) is 5.91 Å². The molecule has 0 fully saturated rings. The summed E-state index contributed by atoms with van der Waals surface area (Å²) >= 11 is 1.47. The van der Waals surface area contributed by atoms with Crippen molar-refractivity contribution in [3.05, 3.63) is 52.2 Å². The molecule has 1 heterocycles. The molecule has 1 aromatic heterocycles. The van der Waals surface area contributed by atoms with E-state index in [0.29, 0.717) is 18.1 Å². The van der Waals surface area contributed by atoms with Crippen LogP contribution in [0.4, 0.5) is 0 Å². The lowest BCUT2D eigenvalue weighted by Gasteiger charge is -2.15. The number of esters is 1. The van der Waals surface area contributed by atoms with Crippen LogP contribution in [-0.2, 0) is 14.3 Å². The van der Waals surface area contributed by atoms with E-state index < -0.39 is 6.04 Å².